The van der Waals surface area contributed by atoms with Gasteiger partial charge in [-0.3, -0.25) is 20.0 Å². The van der Waals surface area contributed by atoms with E-state index < -0.39 is 70.8 Å². The van der Waals surface area contributed by atoms with Crippen LogP contribution in [0.15, 0.2) is 0 Å². The normalized spacial score (nSPS) is 12.5. The Balaban J connectivity index is 2.12. The average molecular weight is 468 g/mol. The lowest BCUT2D eigenvalue weighted by molar-refractivity contribution is -0.128. The van der Waals surface area contributed by atoms with Gasteiger partial charge in [-0.1, -0.05) is 32.1 Å². The molecule has 1 atom stereocenters. The second-order valence-corrected chi connectivity index (χ2v) is 8.99. The summed E-state index contributed by atoms with van der Waals surface area (Å²) < 4.78 is 67.5. The molecule has 0 bridgehead atoms. The van der Waals surface area contributed by atoms with Crippen molar-refractivity contribution in [3.8, 4) is 0 Å². The van der Waals surface area contributed by atoms with Crippen LogP contribution in [0.5, 0.6) is 0 Å². The summed E-state index contributed by atoms with van der Waals surface area (Å²) >= 11 is 5.86. The first-order valence-electron chi connectivity index (χ1n) is 8.49. The number of aromatic amines is 1. The number of anilines is 1. The molecule has 1 unspecified atom stereocenters. The predicted octanol–water partition coefficient (Wildman–Crippen LogP) is 4.00. The number of nitrogens with one attached hydrogen (secondary N) is 3. The van der Waals surface area contributed by atoms with Crippen LogP contribution in [-0.2, 0) is 16.0 Å². The minimum absolute atomic E-state index is 0.176. The zero-order valence-corrected chi connectivity index (χ0v) is 17.6. The predicted molar refractivity (Wildman–Crippen MR) is 102 cm³/mol. The fraction of sp³-hybridized carbons (Fsp3) is 0.412. The zero-order chi connectivity index (χ0) is 22.8. The monoisotopic (exact) mass is 468 g/mol. The van der Waals surface area contributed by atoms with Crippen molar-refractivity contribution in [2.45, 2.75) is 39.7 Å². The number of nitrogens with zero attached hydrogens (tertiary/aromatic N) is 1. The van der Waals surface area contributed by atoms with Crippen molar-refractivity contribution in [3.63, 3.8) is 0 Å². The summed E-state index contributed by atoms with van der Waals surface area (Å²) in [5.41, 5.74) is -1.88. The van der Waals surface area contributed by atoms with E-state index in [1.165, 1.54) is 0 Å². The Hall–Kier alpha value is -2.41. The highest BCUT2D eigenvalue weighted by Crippen LogP contribution is 2.25. The van der Waals surface area contributed by atoms with E-state index in [0.29, 0.717) is 3.95 Å². The number of halogens is 5. The van der Waals surface area contributed by atoms with Gasteiger partial charge in [0.2, 0.25) is 22.8 Å². The Kier molecular flexibility index (Phi) is 7.29. The van der Waals surface area contributed by atoms with E-state index in [4.69, 9.17) is 12.2 Å². The van der Waals surface area contributed by atoms with Crippen LogP contribution in [0, 0.1) is 38.5 Å². The molecule has 13 heteroatoms. The molecule has 164 valence electrons. The van der Waals surface area contributed by atoms with Crippen LogP contribution in [-0.4, -0.2) is 28.1 Å². The molecule has 0 fully saturated rings. The van der Waals surface area contributed by atoms with E-state index in [1.54, 1.807) is 20.8 Å². The Labute approximate surface area is 176 Å². The fourth-order valence-corrected chi connectivity index (χ4v) is 3.27. The summed E-state index contributed by atoms with van der Waals surface area (Å²) in [5.74, 6) is -11.9. The number of benzene rings is 1. The molecule has 2 aromatic rings. The molecular formula is C17H17F5N4O2S2. The Bertz CT molecular complexity index is 1000. The maximum atomic E-state index is 13.7. The van der Waals surface area contributed by atoms with E-state index in [9.17, 15) is 31.5 Å². The number of carbonyl (C=O) groups excluding carboxylic acids is 2. The topological polar surface area (TPSA) is 86.9 Å². The molecule has 0 aliphatic heterocycles. The third kappa shape index (κ3) is 5.39. The Morgan fingerprint density at radius 3 is 2.07 bits per heavy atom. The lowest BCUT2D eigenvalue weighted by atomic mass is 9.86. The minimum atomic E-state index is -2.27. The quantitative estimate of drug-likeness (QED) is 0.259. The van der Waals surface area contributed by atoms with Crippen LogP contribution in [0.25, 0.3) is 0 Å². The first kappa shape index (κ1) is 23.9. The van der Waals surface area contributed by atoms with Crippen molar-refractivity contribution in [3.05, 3.63) is 38.6 Å². The molecule has 0 saturated heterocycles. The molecule has 6 nitrogen and oxygen atoms in total. The van der Waals surface area contributed by atoms with Crippen LogP contribution < -0.4 is 10.6 Å². The molecule has 0 saturated carbocycles. The highest BCUT2D eigenvalue weighted by atomic mass is 32.1. The van der Waals surface area contributed by atoms with E-state index in [-0.39, 0.29) is 5.13 Å². The smallest absolute Gasteiger partial charge is 0.249 e. The van der Waals surface area contributed by atoms with Crippen LogP contribution in [0.4, 0.5) is 27.1 Å². The average Bonchev–Trinajstić information content (AvgIpc) is 3.06. The highest BCUT2D eigenvalue weighted by molar-refractivity contribution is 7.73. The summed E-state index contributed by atoms with van der Waals surface area (Å²) in [5, 5.41) is 11.3. The van der Waals surface area contributed by atoms with E-state index in [2.05, 4.69) is 20.8 Å². The molecular weight excluding hydrogens is 451 g/mol. The number of rotatable bonds is 6. The van der Waals surface area contributed by atoms with Gasteiger partial charge in [0.15, 0.2) is 27.2 Å². The second-order valence-electron chi connectivity index (χ2n) is 7.32. The first-order valence-corrected chi connectivity index (χ1v) is 9.71. The summed E-state index contributed by atoms with van der Waals surface area (Å²) in [4.78, 5) is 24.8. The number of amides is 2. The SMILES string of the molecule is CC(C)(C)C(NC(=O)CCc1c(F)c(F)c(F)c(F)c1F)C(=O)Nc1n[nH]c(=S)s1. The fourth-order valence-electron chi connectivity index (χ4n) is 2.48. The van der Waals surface area contributed by atoms with E-state index >= 15 is 0 Å². The lowest BCUT2D eigenvalue weighted by Crippen LogP contribution is -2.51. The summed E-state index contributed by atoms with van der Waals surface area (Å²) in [7, 11) is 0. The van der Waals surface area contributed by atoms with Crippen molar-refractivity contribution >= 4 is 40.5 Å². The number of hydrogen-bond acceptors (Lipinski definition) is 5. The van der Waals surface area contributed by atoms with Gasteiger partial charge in [0.1, 0.15) is 6.04 Å². The van der Waals surface area contributed by atoms with Gasteiger partial charge in [-0.25, -0.2) is 22.0 Å². The maximum Gasteiger partial charge on any atom is 0.249 e. The van der Waals surface area contributed by atoms with Gasteiger partial charge in [-0.2, -0.15) is 0 Å². The minimum Gasteiger partial charge on any atom is -0.344 e. The number of carbonyl (C=O) groups is 2. The van der Waals surface area contributed by atoms with Crippen LogP contribution in [0.1, 0.15) is 32.8 Å². The van der Waals surface area contributed by atoms with Gasteiger partial charge in [0.05, 0.1) is 0 Å². The molecule has 0 aliphatic carbocycles. The summed E-state index contributed by atoms with van der Waals surface area (Å²) in [6.07, 6.45) is -1.36. The summed E-state index contributed by atoms with van der Waals surface area (Å²) in [6, 6.07) is -1.08. The molecule has 0 spiro atoms. The summed E-state index contributed by atoms with van der Waals surface area (Å²) in [6.45, 7) is 4.98. The maximum absolute atomic E-state index is 13.7. The molecule has 2 rings (SSSR count). The zero-order valence-electron chi connectivity index (χ0n) is 16.0. The van der Waals surface area contributed by atoms with Crippen LogP contribution in [0.2, 0.25) is 0 Å². The standard InChI is InChI=1S/C17H17F5N4O2S2/c1-17(2,3)13(14(28)24-15-25-26-16(29)30-15)23-7(27)5-4-6-8(18)10(20)12(22)11(21)9(6)19/h13H,4-5H2,1-3H3,(H,23,27)(H,26,29)(H,24,25,28). The Morgan fingerprint density at radius 1 is 1.07 bits per heavy atom. The van der Waals surface area contributed by atoms with Crippen LogP contribution in [0.3, 0.4) is 0 Å². The van der Waals surface area contributed by atoms with Gasteiger partial charge >= 0.3 is 0 Å². The first-order chi connectivity index (χ1) is 13.8. The molecule has 3 N–H and O–H groups in total. The largest absolute Gasteiger partial charge is 0.344 e. The third-order valence-corrected chi connectivity index (χ3v) is 5.01. The molecule has 1 aromatic carbocycles. The molecule has 1 heterocycles. The van der Waals surface area contributed by atoms with Crippen molar-refractivity contribution in [2.75, 3.05) is 5.32 Å². The van der Waals surface area contributed by atoms with Crippen molar-refractivity contribution < 1.29 is 31.5 Å². The van der Waals surface area contributed by atoms with E-state index in [1.807, 2.05) is 0 Å². The Morgan fingerprint density at radius 2 is 1.60 bits per heavy atom. The molecule has 1 aromatic heterocycles. The number of H-pyrrole nitrogens is 1. The second kappa shape index (κ2) is 9.16. The van der Waals surface area contributed by atoms with Gasteiger partial charge in [0, 0.05) is 12.0 Å². The highest BCUT2D eigenvalue weighted by Gasteiger charge is 2.33. The van der Waals surface area contributed by atoms with Crippen molar-refractivity contribution in [1.29, 1.82) is 0 Å². The molecule has 2 amide bonds. The van der Waals surface area contributed by atoms with Crippen molar-refractivity contribution in [2.24, 2.45) is 5.41 Å². The molecule has 0 aliphatic rings. The molecule has 0 radical (unpaired) electrons. The number of hydrogen-bond donors (Lipinski definition) is 3. The van der Waals surface area contributed by atoms with E-state index in [0.717, 1.165) is 11.3 Å². The third-order valence-electron chi connectivity index (χ3n) is 4.00. The lowest BCUT2D eigenvalue weighted by Gasteiger charge is -2.30. The van der Waals surface area contributed by atoms with Crippen LogP contribution >= 0.6 is 23.6 Å². The number of aromatic nitrogens is 2. The van der Waals surface area contributed by atoms with Gasteiger partial charge in [-0.15, -0.1) is 5.10 Å². The van der Waals surface area contributed by atoms with Gasteiger partial charge in [-0.05, 0) is 24.1 Å². The molecule has 30 heavy (non-hydrogen) atoms. The van der Waals surface area contributed by atoms with Gasteiger partial charge in [0.25, 0.3) is 0 Å². The van der Waals surface area contributed by atoms with Crippen molar-refractivity contribution in [1.82, 2.24) is 15.5 Å². The van der Waals surface area contributed by atoms with Gasteiger partial charge < -0.3 is 5.32 Å².